The lowest BCUT2D eigenvalue weighted by atomic mass is 10.1. The molecule has 0 unspecified atom stereocenters. The van der Waals surface area contributed by atoms with E-state index in [0.717, 1.165) is 11.1 Å². The van der Waals surface area contributed by atoms with Crippen molar-refractivity contribution in [3.05, 3.63) is 58.6 Å². The van der Waals surface area contributed by atoms with Crippen LogP contribution >= 0.6 is 11.6 Å². The summed E-state index contributed by atoms with van der Waals surface area (Å²) < 4.78 is 10.7. The van der Waals surface area contributed by atoms with Crippen LogP contribution in [0.3, 0.4) is 0 Å². The van der Waals surface area contributed by atoms with Gasteiger partial charge in [-0.15, -0.1) is 0 Å². The number of ether oxygens (including phenoxy) is 2. The lowest BCUT2D eigenvalue weighted by Gasteiger charge is -2.30. The maximum absolute atomic E-state index is 12.8. The highest BCUT2D eigenvalue weighted by Gasteiger charge is 2.27. The van der Waals surface area contributed by atoms with Crippen molar-refractivity contribution in [2.75, 3.05) is 6.79 Å². The Balaban J connectivity index is 1.67. The molecule has 0 saturated heterocycles. The van der Waals surface area contributed by atoms with Gasteiger partial charge in [0.15, 0.2) is 11.5 Å². The van der Waals surface area contributed by atoms with Gasteiger partial charge in [-0.25, -0.2) is 0 Å². The Morgan fingerprint density at radius 1 is 1.03 bits per heavy atom. The normalized spacial score (nSPS) is 13.3. The van der Waals surface area contributed by atoms with Crippen molar-refractivity contribution >= 4 is 23.4 Å². The molecule has 1 aliphatic heterocycles. The molecule has 2 aromatic carbocycles. The average Bonchev–Trinajstić information content (AvgIpc) is 3.18. The van der Waals surface area contributed by atoms with Gasteiger partial charge >= 0.3 is 0 Å². The van der Waals surface area contributed by atoms with Gasteiger partial charge in [-0.1, -0.05) is 43.6 Å². The summed E-state index contributed by atoms with van der Waals surface area (Å²) in [5.74, 6) is 0.858. The first-order valence-corrected chi connectivity index (χ1v) is 9.94. The van der Waals surface area contributed by atoms with E-state index in [-0.39, 0.29) is 24.5 Å². The molecule has 6 nitrogen and oxygen atoms in total. The summed E-state index contributed by atoms with van der Waals surface area (Å²) in [7, 11) is 0. The Kier molecular flexibility index (Phi) is 6.64. The summed E-state index contributed by atoms with van der Waals surface area (Å²) in [4.78, 5) is 27.1. The number of carbonyl (C=O) groups excluding carboxylic acids is 2. The third kappa shape index (κ3) is 5.21. The molecule has 0 bridgehead atoms. The second-order valence-electron chi connectivity index (χ2n) is 7.33. The van der Waals surface area contributed by atoms with E-state index in [2.05, 4.69) is 5.32 Å². The molecular weight excluding hydrogens is 392 g/mol. The van der Waals surface area contributed by atoms with Crippen molar-refractivity contribution in [3.63, 3.8) is 0 Å². The van der Waals surface area contributed by atoms with Crippen LogP contribution in [-0.4, -0.2) is 29.5 Å². The molecule has 2 amide bonds. The minimum absolute atomic E-state index is 0.0781. The van der Waals surface area contributed by atoms with Crippen molar-refractivity contribution in [3.8, 4) is 11.5 Å². The third-order valence-electron chi connectivity index (χ3n) is 4.79. The summed E-state index contributed by atoms with van der Waals surface area (Å²) in [6, 6.07) is 12.2. The Labute approximate surface area is 175 Å². The number of fused-ring (bicyclic) bond motifs is 1. The van der Waals surface area contributed by atoms with Crippen molar-refractivity contribution in [2.24, 2.45) is 5.92 Å². The fraction of sp³-hybridized carbons (Fsp3) is 0.364. The molecule has 1 heterocycles. The molecule has 0 saturated carbocycles. The molecule has 3 rings (SSSR count). The van der Waals surface area contributed by atoms with Gasteiger partial charge in [-0.2, -0.15) is 0 Å². The number of nitrogens with zero attached hydrogens (tertiary/aromatic N) is 1. The molecule has 0 fully saturated rings. The van der Waals surface area contributed by atoms with Gasteiger partial charge in [-0.3, -0.25) is 9.59 Å². The summed E-state index contributed by atoms with van der Waals surface area (Å²) >= 11 is 5.95. The smallest absolute Gasteiger partial charge is 0.242 e. The van der Waals surface area contributed by atoms with Crippen LogP contribution in [0.25, 0.3) is 0 Å². The Hall–Kier alpha value is -2.73. The summed E-state index contributed by atoms with van der Waals surface area (Å²) in [6.45, 7) is 6.28. The quantitative estimate of drug-likeness (QED) is 0.746. The van der Waals surface area contributed by atoms with Gasteiger partial charge in [-0.05, 0) is 42.3 Å². The molecule has 1 N–H and O–H groups in total. The van der Waals surface area contributed by atoms with Gasteiger partial charge in [0.25, 0.3) is 0 Å². The molecule has 0 aromatic heterocycles. The SMILES string of the molecule is CC(C)C(=O)N(Cc1ccc(Cl)cc1)[C@H](C)C(=O)NCc1ccc2c(c1)OCO2. The minimum atomic E-state index is -0.616. The first kappa shape index (κ1) is 21.0. The summed E-state index contributed by atoms with van der Waals surface area (Å²) in [5.41, 5.74) is 1.81. The second kappa shape index (κ2) is 9.18. The van der Waals surface area contributed by atoms with Crippen LogP contribution in [0.4, 0.5) is 0 Å². The molecule has 7 heteroatoms. The van der Waals surface area contributed by atoms with Gasteiger partial charge in [0.05, 0.1) is 0 Å². The second-order valence-corrected chi connectivity index (χ2v) is 7.77. The molecular formula is C22H25ClN2O4. The largest absolute Gasteiger partial charge is 0.454 e. The first-order valence-electron chi connectivity index (χ1n) is 9.56. The number of carbonyl (C=O) groups is 2. The predicted molar refractivity (Wildman–Crippen MR) is 111 cm³/mol. The van der Waals surface area contributed by atoms with E-state index in [0.29, 0.717) is 29.6 Å². The zero-order valence-electron chi connectivity index (χ0n) is 16.8. The van der Waals surface area contributed by atoms with E-state index < -0.39 is 6.04 Å². The van der Waals surface area contributed by atoms with Gasteiger partial charge < -0.3 is 19.7 Å². The number of nitrogens with one attached hydrogen (secondary N) is 1. The standard InChI is InChI=1S/C22H25ClN2O4/c1-14(2)22(27)25(12-16-4-7-18(23)8-5-16)15(3)21(26)24-11-17-6-9-19-20(10-17)29-13-28-19/h4-10,14-15H,11-13H2,1-3H3,(H,24,26)/t15-/m1/s1. The predicted octanol–water partition coefficient (Wildman–Crippen LogP) is 3.76. The fourth-order valence-corrected chi connectivity index (χ4v) is 3.18. The highest BCUT2D eigenvalue weighted by Crippen LogP contribution is 2.32. The molecule has 29 heavy (non-hydrogen) atoms. The van der Waals surface area contributed by atoms with Crippen LogP contribution in [0, 0.1) is 5.92 Å². The fourth-order valence-electron chi connectivity index (χ4n) is 3.05. The Bertz CT molecular complexity index is 883. The first-order chi connectivity index (χ1) is 13.8. The van der Waals surface area contributed by atoms with E-state index in [1.54, 1.807) is 24.0 Å². The van der Waals surface area contributed by atoms with Crippen LogP contribution in [-0.2, 0) is 22.7 Å². The topological polar surface area (TPSA) is 67.9 Å². The summed E-state index contributed by atoms with van der Waals surface area (Å²) in [5, 5.41) is 3.54. The van der Waals surface area contributed by atoms with E-state index >= 15 is 0 Å². The number of benzene rings is 2. The zero-order chi connectivity index (χ0) is 21.0. The van der Waals surface area contributed by atoms with Gasteiger partial charge in [0, 0.05) is 24.0 Å². The molecule has 0 radical (unpaired) electrons. The number of hydrogen-bond acceptors (Lipinski definition) is 4. The van der Waals surface area contributed by atoms with E-state index in [4.69, 9.17) is 21.1 Å². The average molecular weight is 417 g/mol. The Morgan fingerprint density at radius 2 is 1.69 bits per heavy atom. The molecule has 1 aliphatic rings. The van der Waals surface area contributed by atoms with E-state index in [9.17, 15) is 9.59 Å². The number of amides is 2. The van der Waals surface area contributed by atoms with Crippen LogP contribution in [0.2, 0.25) is 5.02 Å². The molecule has 1 atom stereocenters. The third-order valence-corrected chi connectivity index (χ3v) is 5.05. The lowest BCUT2D eigenvalue weighted by Crippen LogP contribution is -2.48. The molecule has 2 aromatic rings. The van der Waals surface area contributed by atoms with Crippen molar-refractivity contribution in [1.29, 1.82) is 0 Å². The van der Waals surface area contributed by atoms with Crippen LogP contribution in [0.1, 0.15) is 31.9 Å². The summed E-state index contributed by atoms with van der Waals surface area (Å²) in [6.07, 6.45) is 0. The van der Waals surface area contributed by atoms with E-state index in [1.807, 2.05) is 44.2 Å². The van der Waals surface area contributed by atoms with Gasteiger partial charge in [0.1, 0.15) is 6.04 Å². The Morgan fingerprint density at radius 3 is 2.38 bits per heavy atom. The zero-order valence-corrected chi connectivity index (χ0v) is 17.5. The number of hydrogen-bond donors (Lipinski definition) is 1. The molecule has 154 valence electrons. The number of halogens is 1. The highest BCUT2D eigenvalue weighted by atomic mass is 35.5. The number of rotatable bonds is 7. The highest BCUT2D eigenvalue weighted by molar-refractivity contribution is 6.30. The van der Waals surface area contributed by atoms with Crippen LogP contribution in [0.5, 0.6) is 11.5 Å². The van der Waals surface area contributed by atoms with Crippen molar-refractivity contribution in [1.82, 2.24) is 10.2 Å². The maximum Gasteiger partial charge on any atom is 0.242 e. The lowest BCUT2D eigenvalue weighted by molar-refractivity contribution is -0.143. The maximum atomic E-state index is 12.8. The van der Waals surface area contributed by atoms with Crippen LogP contribution in [0.15, 0.2) is 42.5 Å². The van der Waals surface area contributed by atoms with Crippen LogP contribution < -0.4 is 14.8 Å². The van der Waals surface area contributed by atoms with E-state index in [1.165, 1.54) is 0 Å². The molecule has 0 aliphatic carbocycles. The van der Waals surface area contributed by atoms with Crippen molar-refractivity contribution < 1.29 is 19.1 Å². The molecule has 0 spiro atoms. The van der Waals surface area contributed by atoms with Crippen molar-refractivity contribution in [2.45, 2.75) is 39.9 Å². The monoisotopic (exact) mass is 416 g/mol. The minimum Gasteiger partial charge on any atom is -0.454 e. The van der Waals surface area contributed by atoms with Gasteiger partial charge in [0.2, 0.25) is 18.6 Å².